The number of benzene rings is 1. The topological polar surface area (TPSA) is 71.6 Å². The van der Waals surface area contributed by atoms with Crippen molar-refractivity contribution in [3.8, 4) is 11.5 Å². The molecule has 1 saturated carbocycles. The van der Waals surface area contributed by atoms with Crippen LogP contribution in [-0.4, -0.2) is 31.3 Å². The van der Waals surface area contributed by atoms with E-state index in [0.29, 0.717) is 34.1 Å². The van der Waals surface area contributed by atoms with Crippen molar-refractivity contribution in [1.29, 1.82) is 0 Å². The molecule has 2 rings (SSSR count). The maximum absolute atomic E-state index is 12.2. The van der Waals surface area contributed by atoms with Crippen molar-refractivity contribution in [2.45, 2.75) is 38.6 Å². The fraction of sp³-hybridized carbons (Fsp3) is 0.529. The number of thiocarbonyl (C=S) groups is 1. The minimum atomic E-state index is -0.295. The predicted molar refractivity (Wildman–Crippen MR) is 97.3 cm³/mol. The molecule has 0 saturated heterocycles. The van der Waals surface area contributed by atoms with Gasteiger partial charge in [0.25, 0.3) is 5.91 Å². The Morgan fingerprint density at radius 1 is 1.12 bits per heavy atom. The molecule has 2 atom stereocenters. The summed E-state index contributed by atoms with van der Waals surface area (Å²) in [5.41, 5.74) is 5.82. The van der Waals surface area contributed by atoms with E-state index in [4.69, 9.17) is 21.7 Å². The van der Waals surface area contributed by atoms with Gasteiger partial charge < -0.3 is 14.8 Å². The third-order valence-corrected chi connectivity index (χ3v) is 4.58. The van der Waals surface area contributed by atoms with Gasteiger partial charge in [-0.1, -0.05) is 19.8 Å². The summed E-state index contributed by atoms with van der Waals surface area (Å²) in [5, 5.41) is 3.71. The van der Waals surface area contributed by atoms with Crippen molar-refractivity contribution in [3.63, 3.8) is 0 Å². The van der Waals surface area contributed by atoms with Gasteiger partial charge >= 0.3 is 0 Å². The Balaban J connectivity index is 1.87. The predicted octanol–water partition coefficient (Wildman–Crippen LogP) is 2.39. The molecule has 6 nitrogen and oxygen atoms in total. The number of ether oxygens (including phenoxy) is 2. The van der Waals surface area contributed by atoms with Crippen LogP contribution in [0.2, 0.25) is 0 Å². The second-order valence-electron chi connectivity index (χ2n) is 5.99. The molecule has 1 aromatic rings. The Morgan fingerprint density at radius 3 is 2.50 bits per heavy atom. The summed E-state index contributed by atoms with van der Waals surface area (Å²) in [5.74, 6) is 1.37. The maximum atomic E-state index is 12.2. The molecule has 1 fully saturated rings. The lowest BCUT2D eigenvalue weighted by atomic mass is 9.86. The van der Waals surface area contributed by atoms with E-state index in [1.165, 1.54) is 26.4 Å². The van der Waals surface area contributed by atoms with Crippen LogP contribution in [0.1, 0.15) is 43.0 Å². The molecule has 3 N–H and O–H groups in total. The molecule has 0 aromatic heterocycles. The lowest BCUT2D eigenvalue weighted by Gasteiger charge is -2.30. The van der Waals surface area contributed by atoms with E-state index in [1.807, 2.05) is 0 Å². The smallest absolute Gasteiger partial charge is 0.269 e. The third kappa shape index (κ3) is 4.74. The molecule has 0 heterocycles. The van der Waals surface area contributed by atoms with Gasteiger partial charge in [-0.05, 0) is 49.2 Å². The standard InChI is InChI=1S/C17H25N3O3S/c1-11-6-4-5-7-13(11)18-17(24)20-19-16(21)12-8-9-14(22-2)15(10-12)23-3/h8-11,13H,4-7H2,1-3H3,(H,19,21)(H2,18,20,24)/t11-,13-/m0/s1. The lowest BCUT2D eigenvalue weighted by Crippen LogP contribution is -2.51. The van der Waals surface area contributed by atoms with Crippen LogP contribution in [0.5, 0.6) is 11.5 Å². The summed E-state index contributed by atoms with van der Waals surface area (Å²) >= 11 is 5.26. The number of hydrogen-bond donors (Lipinski definition) is 3. The highest BCUT2D eigenvalue weighted by atomic mass is 32.1. The Kier molecular flexibility index (Phi) is 6.66. The number of carbonyl (C=O) groups is 1. The van der Waals surface area contributed by atoms with E-state index in [1.54, 1.807) is 25.3 Å². The van der Waals surface area contributed by atoms with Gasteiger partial charge in [0.05, 0.1) is 14.2 Å². The van der Waals surface area contributed by atoms with Crippen molar-refractivity contribution < 1.29 is 14.3 Å². The molecule has 1 aromatic carbocycles. The second kappa shape index (κ2) is 8.73. The summed E-state index contributed by atoms with van der Waals surface area (Å²) in [7, 11) is 3.08. The number of hydrazine groups is 1. The fourth-order valence-corrected chi connectivity index (χ4v) is 3.10. The molecule has 0 bridgehead atoms. The highest BCUT2D eigenvalue weighted by Gasteiger charge is 2.21. The van der Waals surface area contributed by atoms with Gasteiger partial charge in [-0.2, -0.15) is 0 Å². The van der Waals surface area contributed by atoms with Crippen LogP contribution in [-0.2, 0) is 0 Å². The quantitative estimate of drug-likeness (QED) is 0.571. The summed E-state index contributed by atoms with van der Waals surface area (Å²) in [4.78, 5) is 12.2. The van der Waals surface area contributed by atoms with Gasteiger partial charge in [0.2, 0.25) is 0 Å². The average molecular weight is 351 g/mol. The van der Waals surface area contributed by atoms with E-state index in [-0.39, 0.29) is 5.91 Å². The number of nitrogens with one attached hydrogen (secondary N) is 3. The van der Waals surface area contributed by atoms with E-state index in [2.05, 4.69) is 23.1 Å². The number of rotatable bonds is 4. The number of amides is 1. The minimum Gasteiger partial charge on any atom is -0.493 e. The minimum absolute atomic E-state index is 0.295. The van der Waals surface area contributed by atoms with Gasteiger partial charge in [0.1, 0.15) is 0 Å². The number of carbonyl (C=O) groups excluding carboxylic acids is 1. The third-order valence-electron chi connectivity index (χ3n) is 4.36. The number of methoxy groups -OCH3 is 2. The maximum Gasteiger partial charge on any atom is 0.269 e. The molecule has 132 valence electrons. The van der Waals surface area contributed by atoms with Gasteiger partial charge in [0, 0.05) is 11.6 Å². The molecule has 0 unspecified atom stereocenters. The lowest BCUT2D eigenvalue weighted by molar-refractivity contribution is 0.0943. The molecule has 0 radical (unpaired) electrons. The van der Waals surface area contributed by atoms with Gasteiger partial charge in [-0.25, -0.2) is 0 Å². The molecule has 1 amide bonds. The van der Waals surface area contributed by atoms with Crippen molar-refractivity contribution in [2.75, 3.05) is 14.2 Å². The first kappa shape index (κ1) is 18.3. The molecule has 1 aliphatic rings. The highest BCUT2D eigenvalue weighted by Crippen LogP contribution is 2.27. The molecular formula is C17H25N3O3S. The van der Waals surface area contributed by atoms with Crippen molar-refractivity contribution in [3.05, 3.63) is 23.8 Å². The Hall–Kier alpha value is -2.02. The highest BCUT2D eigenvalue weighted by molar-refractivity contribution is 7.80. The Morgan fingerprint density at radius 2 is 1.83 bits per heavy atom. The monoisotopic (exact) mass is 351 g/mol. The Bertz CT molecular complexity index is 594. The van der Waals surface area contributed by atoms with Gasteiger partial charge in [-0.3, -0.25) is 15.6 Å². The molecule has 24 heavy (non-hydrogen) atoms. The van der Waals surface area contributed by atoms with Crippen LogP contribution < -0.4 is 25.6 Å². The fourth-order valence-electron chi connectivity index (χ4n) is 2.90. The zero-order valence-corrected chi connectivity index (χ0v) is 15.2. The number of hydrogen-bond acceptors (Lipinski definition) is 4. The molecule has 0 aliphatic heterocycles. The average Bonchev–Trinajstić information content (AvgIpc) is 2.61. The summed E-state index contributed by atoms with van der Waals surface area (Å²) < 4.78 is 10.4. The zero-order valence-electron chi connectivity index (χ0n) is 14.3. The first-order chi connectivity index (χ1) is 11.5. The zero-order chi connectivity index (χ0) is 17.5. The van der Waals surface area contributed by atoms with Crippen molar-refractivity contribution >= 4 is 23.2 Å². The molecule has 7 heteroatoms. The van der Waals surface area contributed by atoms with Crippen LogP contribution in [0.4, 0.5) is 0 Å². The van der Waals surface area contributed by atoms with Crippen LogP contribution >= 0.6 is 12.2 Å². The largest absolute Gasteiger partial charge is 0.493 e. The molecule has 0 spiro atoms. The van der Waals surface area contributed by atoms with Gasteiger partial charge in [-0.15, -0.1) is 0 Å². The van der Waals surface area contributed by atoms with Crippen molar-refractivity contribution in [1.82, 2.24) is 16.2 Å². The Labute approximate surface area is 148 Å². The molecule has 1 aliphatic carbocycles. The van der Waals surface area contributed by atoms with E-state index < -0.39 is 0 Å². The van der Waals surface area contributed by atoms with Crippen molar-refractivity contribution in [2.24, 2.45) is 5.92 Å². The van der Waals surface area contributed by atoms with Crippen LogP contribution in [0, 0.1) is 5.92 Å². The van der Waals surface area contributed by atoms with E-state index in [0.717, 1.165) is 6.42 Å². The van der Waals surface area contributed by atoms with Crippen LogP contribution in [0.3, 0.4) is 0 Å². The first-order valence-corrected chi connectivity index (χ1v) is 8.55. The summed E-state index contributed by atoms with van der Waals surface area (Å²) in [6.45, 7) is 2.22. The van der Waals surface area contributed by atoms with E-state index in [9.17, 15) is 4.79 Å². The van der Waals surface area contributed by atoms with E-state index >= 15 is 0 Å². The van der Waals surface area contributed by atoms with Gasteiger partial charge in [0.15, 0.2) is 16.6 Å². The summed E-state index contributed by atoms with van der Waals surface area (Å²) in [6, 6.07) is 5.33. The normalized spacial score (nSPS) is 20.0. The molecular weight excluding hydrogens is 326 g/mol. The first-order valence-electron chi connectivity index (χ1n) is 8.14. The SMILES string of the molecule is COc1ccc(C(=O)NNC(=S)N[C@H]2CCCC[C@@H]2C)cc1OC. The van der Waals surface area contributed by atoms with Crippen LogP contribution in [0.15, 0.2) is 18.2 Å². The van der Waals surface area contributed by atoms with Crippen LogP contribution in [0.25, 0.3) is 0 Å². The summed E-state index contributed by atoms with van der Waals surface area (Å²) in [6.07, 6.45) is 4.79. The second-order valence-corrected chi connectivity index (χ2v) is 6.40.